The molecule has 0 saturated heterocycles. The van der Waals surface area contributed by atoms with E-state index >= 15 is 0 Å². The van der Waals surface area contributed by atoms with E-state index in [1.54, 1.807) is 31.2 Å². The molecule has 0 aliphatic rings. The fourth-order valence-corrected chi connectivity index (χ4v) is 2.13. The largest absolute Gasteiger partial charge is 0.345 e. The molecular weight excluding hydrogens is 311 g/mol. The number of non-ortho nitro benzene ring substituents is 1. The van der Waals surface area contributed by atoms with Gasteiger partial charge in [0.05, 0.1) is 22.6 Å². The summed E-state index contributed by atoms with van der Waals surface area (Å²) in [5.74, 6) is -1.59. The Balaban J connectivity index is 2.17. The molecule has 1 unspecified atom stereocenters. The highest BCUT2D eigenvalue weighted by atomic mass is 35.5. The summed E-state index contributed by atoms with van der Waals surface area (Å²) in [7, 11) is 0. The third-order valence-electron chi connectivity index (χ3n) is 3.10. The average Bonchev–Trinajstić information content (AvgIpc) is 2.46. The van der Waals surface area contributed by atoms with Crippen molar-refractivity contribution in [2.75, 3.05) is 0 Å². The van der Waals surface area contributed by atoms with Crippen molar-refractivity contribution in [1.29, 1.82) is 0 Å². The molecule has 0 spiro atoms. The highest BCUT2D eigenvalue weighted by Gasteiger charge is 2.18. The van der Waals surface area contributed by atoms with Crippen LogP contribution < -0.4 is 5.32 Å². The van der Waals surface area contributed by atoms with E-state index in [9.17, 15) is 19.3 Å². The predicted octanol–water partition coefficient (Wildman–Crippen LogP) is 3.88. The molecule has 0 radical (unpaired) electrons. The minimum Gasteiger partial charge on any atom is -0.345 e. The zero-order chi connectivity index (χ0) is 16.3. The van der Waals surface area contributed by atoms with Crippen LogP contribution in [0.2, 0.25) is 5.02 Å². The molecule has 1 atom stereocenters. The van der Waals surface area contributed by atoms with Crippen LogP contribution in [0.5, 0.6) is 0 Å². The van der Waals surface area contributed by atoms with E-state index in [0.717, 1.165) is 23.8 Å². The monoisotopic (exact) mass is 322 g/mol. The summed E-state index contributed by atoms with van der Waals surface area (Å²) in [5, 5.41) is 13.7. The van der Waals surface area contributed by atoms with E-state index < -0.39 is 22.3 Å². The molecule has 5 nitrogen and oxygen atoms in total. The number of nitro benzene ring substituents is 1. The molecule has 1 amide bonds. The Morgan fingerprint density at radius 1 is 1.32 bits per heavy atom. The maximum Gasteiger partial charge on any atom is 0.272 e. The number of nitrogens with zero attached hydrogens (tertiary/aromatic N) is 1. The van der Waals surface area contributed by atoms with Crippen molar-refractivity contribution in [3.63, 3.8) is 0 Å². The van der Waals surface area contributed by atoms with Crippen molar-refractivity contribution in [2.45, 2.75) is 13.0 Å². The first-order valence-corrected chi connectivity index (χ1v) is 6.76. The van der Waals surface area contributed by atoms with Gasteiger partial charge in [0.15, 0.2) is 0 Å². The molecule has 114 valence electrons. The lowest BCUT2D eigenvalue weighted by Crippen LogP contribution is -2.27. The van der Waals surface area contributed by atoms with Crippen molar-refractivity contribution < 1.29 is 14.1 Å². The third-order valence-corrected chi connectivity index (χ3v) is 3.34. The molecule has 2 aromatic carbocycles. The van der Waals surface area contributed by atoms with Gasteiger partial charge >= 0.3 is 0 Å². The van der Waals surface area contributed by atoms with Gasteiger partial charge < -0.3 is 5.32 Å². The van der Waals surface area contributed by atoms with Gasteiger partial charge in [0.1, 0.15) is 5.82 Å². The summed E-state index contributed by atoms with van der Waals surface area (Å²) in [6.07, 6.45) is 0. The molecule has 22 heavy (non-hydrogen) atoms. The molecular formula is C15H12ClFN2O3. The summed E-state index contributed by atoms with van der Waals surface area (Å²) < 4.78 is 13.8. The highest BCUT2D eigenvalue weighted by molar-refractivity contribution is 6.30. The number of hydrogen-bond acceptors (Lipinski definition) is 3. The summed E-state index contributed by atoms with van der Waals surface area (Å²) >= 11 is 5.88. The number of carbonyl (C=O) groups excluding carboxylic acids is 1. The highest BCUT2D eigenvalue weighted by Crippen LogP contribution is 2.20. The van der Waals surface area contributed by atoms with E-state index in [-0.39, 0.29) is 11.6 Å². The van der Waals surface area contributed by atoms with Crippen LogP contribution in [-0.4, -0.2) is 10.8 Å². The molecule has 0 aliphatic heterocycles. The molecule has 0 heterocycles. The fraction of sp³-hybridized carbons (Fsp3) is 0.133. The molecule has 0 aromatic heterocycles. The Labute approximate surface area is 130 Å². The second-order valence-electron chi connectivity index (χ2n) is 4.67. The van der Waals surface area contributed by atoms with Crippen LogP contribution in [0.15, 0.2) is 42.5 Å². The first-order valence-electron chi connectivity index (χ1n) is 6.38. The van der Waals surface area contributed by atoms with Crippen LogP contribution in [0.3, 0.4) is 0 Å². The first kappa shape index (κ1) is 15.9. The number of halogens is 2. The Morgan fingerprint density at radius 2 is 2.05 bits per heavy atom. The van der Waals surface area contributed by atoms with Gasteiger partial charge in [0, 0.05) is 11.1 Å². The predicted molar refractivity (Wildman–Crippen MR) is 80.4 cm³/mol. The number of amides is 1. The summed E-state index contributed by atoms with van der Waals surface area (Å²) in [5.41, 5.74) is 0.111. The lowest BCUT2D eigenvalue weighted by molar-refractivity contribution is -0.385. The SMILES string of the molecule is CC(NC(=O)c1ccc([N+](=O)[O-])cc1F)c1cccc(Cl)c1. The van der Waals surface area contributed by atoms with Gasteiger partial charge in [-0.15, -0.1) is 0 Å². The van der Waals surface area contributed by atoms with Crippen LogP contribution >= 0.6 is 11.6 Å². The first-order chi connectivity index (χ1) is 10.4. The minimum absolute atomic E-state index is 0.250. The van der Waals surface area contributed by atoms with E-state index in [4.69, 9.17) is 11.6 Å². The smallest absolute Gasteiger partial charge is 0.272 e. The molecule has 2 rings (SSSR count). The van der Waals surface area contributed by atoms with Gasteiger partial charge in [0.2, 0.25) is 0 Å². The lowest BCUT2D eigenvalue weighted by Gasteiger charge is -2.15. The zero-order valence-corrected chi connectivity index (χ0v) is 12.3. The van der Waals surface area contributed by atoms with E-state index in [1.165, 1.54) is 0 Å². The number of rotatable bonds is 4. The van der Waals surface area contributed by atoms with Crippen molar-refractivity contribution >= 4 is 23.2 Å². The average molecular weight is 323 g/mol. The van der Waals surface area contributed by atoms with Gasteiger partial charge in [-0.05, 0) is 30.7 Å². The minimum atomic E-state index is -0.940. The van der Waals surface area contributed by atoms with Gasteiger partial charge in [0.25, 0.3) is 11.6 Å². The van der Waals surface area contributed by atoms with Crippen LogP contribution in [0, 0.1) is 15.9 Å². The van der Waals surface area contributed by atoms with Crippen LogP contribution in [-0.2, 0) is 0 Å². The third kappa shape index (κ3) is 3.59. The fourth-order valence-electron chi connectivity index (χ4n) is 1.94. The number of nitro groups is 1. The molecule has 0 aliphatic carbocycles. The Bertz CT molecular complexity index is 736. The normalized spacial score (nSPS) is 11.8. The van der Waals surface area contributed by atoms with E-state index in [0.29, 0.717) is 5.02 Å². The van der Waals surface area contributed by atoms with Crippen molar-refractivity contribution in [2.24, 2.45) is 0 Å². The standard InChI is InChI=1S/C15H12ClFN2O3/c1-9(10-3-2-4-11(16)7-10)18-15(20)13-6-5-12(19(21)22)8-14(13)17/h2-9H,1H3,(H,18,20). The number of nitrogens with one attached hydrogen (secondary N) is 1. The van der Waals surface area contributed by atoms with Crippen molar-refractivity contribution in [1.82, 2.24) is 5.32 Å². The van der Waals surface area contributed by atoms with Gasteiger partial charge in [-0.3, -0.25) is 14.9 Å². The number of carbonyl (C=O) groups is 1. The van der Waals surface area contributed by atoms with Crippen LogP contribution in [0.1, 0.15) is 28.9 Å². The van der Waals surface area contributed by atoms with Crippen LogP contribution in [0.25, 0.3) is 0 Å². The van der Waals surface area contributed by atoms with Crippen molar-refractivity contribution in [3.8, 4) is 0 Å². The summed E-state index contributed by atoms with van der Waals surface area (Å²) in [6, 6.07) is 9.43. The van der Waals surface area contributed by atoms with Gasteiger partial charge in [-0.25, -0.2) is 4.39 Å². The molecule has 7 heteroatoms. The zero-order valence-electron chi connectivity index (χ0n) is 11.5. The second-order valence-corrected chi connectivity index (χ2v) is 5.11. The molecule has 0 bridgehead atoms. The Kier molecular flexibility index (Phi) is 4.72. The van der Waals surface area contributed by atoms with Gasteiger partial charge in [-0.1, -0.05) is 23.7 Å². The molecule has 0 saturated carbocycles. The van der Waals surface area contributed by atoms with Crippen LogP contribution in [0.4, 0.5) is 10.1 Å². The second kappa shape index (κ2) is 6.53. The summed E-state index contributed by atoms with van der Waals surface area (Å²) in [6.45, 7) is 1.73. The maximum atomic E-state index is 13.8. The Hall–Kier alpha value is -2.47. The van der Waals surface area contributed by atoms with Gasteiger partial charge in [-0.2, -0.15) is 0 Å². The molecule has 1 N–H and O–H groups in total. The summed E-state index contributed by atoms with van der Waals surface area (Å²) in [4.78, 5) is 21.9. The quantitative estimate of drug-likeness (QED) is 0.686. The number of benzene rings is 2. The lowest BCUT2D eigenvalue weighted by atomic mass is 10.1. The van der Waals surface area contributed by atoms with E-state index in [1.807, 2.05) is 0 Å². The molecule has 0 fully saturated rings. The number of hydrogen-bond donors (Lipinski definition) is 1. The topological polar surface area (TPSA) is 72.2 Å². The van der Waals surface area contributed by atoms with Crippen molar-refractivity contribution in [3.05, 3.63) is 74.5 Å². The molecule has 2 aromatic rings. The maximum absolute atomic E-state index is 13.8. The Morgan fingerprint density at radius 3 is 2.64 bits per heavy atom. The van der Waals surface area contributed by atoms with E-state index in [2.05, 4.69) is 5.32 Å².